The molecule has 0 atom stereocenters. The Labute approximate surface area is 149 Å². The number of amides is 2. The van der Waals surface area contributed by atoms with E-state index in [1.54, 1.807) is 5.32 Å². The minimum atomic E-state index is -4.97. The summed E-state index contributed by atoms with van der Waals surface area (Å²) in [7, 11) is 0. The summed E-state index contributed by atoms with van der Waals surface area (Å²) in [4.78, 5) is 27.5. The molecule has 2 amide bonds. The first kappa shape index (κ1) is 17.9. The quantitative estimate of drug-likeness (QED) is 0.710. The maximum atomic E-state index is 12.3. The Hall–Kier alpha value is -2.94. The molecule has 0 bridgehead atoms. The number of aromatic nitrogens is 1. The van der Waals surface area contributed by atoms with Gasteiger partial charge in [0.2, 0.25) is 0 Å². The van der Waals surface area contributed by atoms with Crippen LogP contribution >= 0.6 is 11.3 Å². The van der Waals surface area contributed by atoms with Crippen molar-refractivity contribution in [3.63, 3.8) is 0 Å². The van der Waals surface area contributed by atoms with Gasteiger partial charge in [0, 0.05) is 11.3 Å². The molecule has 2 aromatic carbocycles. The van der Waals surface area contributed by atoms with Gasteiger partial charge >= 0.3 is 12.1 Å². The van der Waals surface area contributed by atoms with Crippen LogP contribution in [0.4, 0.5) is 24.0 Å². The van der Waals surface area contributed by atoms with Gasteiger partial charge in [-0.2, -0.15) is 13.2 Å². The van der Waals surface area contributed by atoms with Crippen LogP contribution in [0.2, 0.25) is 0 Å². The summed E-state index contributed by atoms with van der Waals surface area (Å²) in [6.07, 6.45) is -4.97. The molecule has 0 fully saturated rings. The molecular formula is C17H12F3N3O2S. The number of thiazole rings is 1. The highest BCUT2D eigenvalue weighted by Crippen LogP contribution is 2.28. The van der Waals surface area contributed by atoms with Crippen LogP contribution in [-0.2, 0) is 4.79 Å². The number of carbonyl (C=O) groups excluding carboxylic acids is 2. The molecule has 0 aliphatic carbocycles. The fraction of sp³-hybridized carbons (Fsp3) is 0.118. The first-order chi connectivity index (χ1) is 12.2. The molecule has 1 aromatic heterocycles. The van der Waals surface area contributed by atoms with Gasteiger partial charge in [-0.1, -0.05) is 23.5 Å². The number of alkyl halides is 3. The highest BCUT2D eigenvalue weighted by molar-refractivity contribution is 7.22. The number of aryl methyl sites for hydroxylation is 1. The van der Waals surface area contributed by atoms with E-state index >= 15 is 0 Å². The lowest BCUT2D eigenvalue weighted by Gasteiger charge is -2.08. The van der Waals surface area contributed by atoms with Crippen molar-refractivity contribution in [2.45, 2.75) is 13.1 Å². The van der Waals surface area contributed by atoms with Crippen LogP contribution in [0.5, 0.6) is 0 Å². The normalized spacial score (nSPS) is 11.4. The third-order valence-corrected chi connectivity index (χ3v) is 4.44. The Morgan fingerprint density at radius 3 is 2.35 bits per heavy atom. The average molecular weight is 379 g/mol. The van der Waals surface area contributed by atoms with Crippen molar-refractivity contribution in [2.75, 3.05) is 10.6 Å². The zero-order valence-electron chi connectivity index (χ0n) is 13.3. The number of nitrogens with zero attached hydrogens (tertiary/aromatic N) is 1. The van der Waals surface area contributed by atoms with E-state index in [1.165, 1.54) is 35.6 Å². The molecule has 3 aromatic rings. The largest absolute Gasteiger partial charge is 0.471 e. The number of fused-ring (bicyclic) bond motifs is 1. The van der Waals surface area contributed by atoms with Crippen LogP contribution < -0.4 is 10.6 Å². The van der Waals surface area contributed by atoms with Gasteiger partial charge in [0.15, 0.2) is 5.13 Å². The summed E-state index contributed by atoms with van der Waals surface area (Å²) >= 11 is 1.32. The summed E-state index contributed by atoms with van der Waals surface area (Å²) < 4.78 is 37.6. The lowest BCUT2D eigenvalue weighted by atomic mass is 10.2. The number of rotatable bonds is 3. The lowest BCUT2D eigenvalue weighted by Crippen LogP contribution is -2.29. The van der Waals surface area contributed by atoms with E-state index in [1.807, 2.05) is 25.1 Å². The van der Waals surface area contributed by atoms with Gasteiger partial charge in [-0.15, -0.1) is 0 Å². The van der Waals surface area contributed by atoms with Gasteiger partial charge in [-0.25, -0.2) is 4.98 Å². The van der Waals surface area contributed by atoms with E-state index in [4.69, 9.17) is 0 Å². The Morgan fingerprint density at radius 1 is 1.04 bits per heavy atom. The second-order valence-corrected chi connectivity index (χ2v) is 6.45. The second kappa shape index (κ2) is 6.75. The van der Waals surface area contributed by atoms with Gasteiger partial charge in [0.05, 0.1) is 10.2 Å². The van der Waals surface area contributed by atoms with Crippen molar-refractivity contribution in [2.24, 2.45) is 0 Å². The van der Waals surface area contributed by atoms with Crippen LogP contribution in [0.25, 0.3) is 10.2 Å². The number of hydrogen-bond donors (Lipinski definition) is 2. The Bertz CT molecular complexity index is 981. The summed E-state index contributed by atoms with van der Waals surface area (Å²) in [6.45, 7) is 1.92. The minimum Gasteiger partial charge on any atom is -0.318 e. The number of carbonyl (C=O) groups is 2. The number of hydrogen-bond acceptors (Lipinski definition) is 4. The van der Waals surface area contributed by atoms with E-state index in [2.05, 4.69) is 10.3 Å². The summed E-state index contributed by atoms with van der Waals surface area (Å²) in [5.41, 5.74) is 1.97. The number of anilines is 2. The molecule has 0 radical (unpaired) electrons. The highest BCUT2D eigenvalue weighted by Gasteiger charge is 2.38. The predicted molar refractivity (Wildman–Crippen MR) is 93.4 cm³/mol. The van der Waals surface area contributed by atoms with Crippen LogP contribution in [0, 0.1) is 6.92 Å². The zero-order chi connectivity index (χ0) is 18.9. The number of nitrogens with one attached hydrogen (secondary N) is 2. The third kappa shape index (κ3) is 3.83. The topological polar surface area (TPSA) is 71.1 Å². The smallest absolute Gasteiger partial charge is 0.318 e. The van der Waals surface area contributed by atoms with Crippen LogP contribution in [-0.4, -0.2) is 23.0 Å². The second-order valence-electron chi connectivity index (χ2n) is 5.42. The van der Waals surface area contributed by atoms with Crippen molar-refractivity contribution in [3.8, 4) is 0 Å². The van der Waals surface area contributed by atoms with Crippen molar-refractivity contribution >= 4 is 44.2 Å². The molecule has 0 aliphatic rings. The van der Waals surface area contributed by atoms with E-state index in [9.17, 15) is 22.8 Å². The first-order valence-corrected chi connectivity index (χ1v) is 8.21. The number of halogens is 3. The Kier molecular flexibility index (Phi) is 4.64. The molecular weight excluding hydrogens is 367 g/mol. The van der Waals surface area contributed by atoms with Crippen molar-refractivity contribution < 1.29 is 22.8 Å². The molecule has 0 saturated carbocycles. The van der Waals surface area contributed by atoms with E-state index in [0.717, 1.165) is 15.8 Å². The molecule has 0 aliphatic heterocycles. The summed E-state index contributed by atoms with van der Waals surface area (Å²) in [5.74, 6) is -2.52. The molecule has 0 spiro atoms. The standard InChI is InChI=1S/C17H12F3N3O2S/c1-9-3-2-4-12-13(9)22-16(26-12)23-14(24)10-5-7-11(8-6-10)21-15(25)17(18,19)20/h2-8H,1H3,(H,21,25)(H,22,23,24). The molecule has 0 unspecified atom stereocenters. The summed E-state index contributed by atoms with van der Waals surface area (Å²) in [6, 6.07) is 10.8. The lowest BCUT2D eigenvalue weighted by molar-refractivity contribution is -0.167. The molecule has 0 saturated heterocycles. The fourth-order valence-corrected chi connectivity index (χ4v) is 3.15. The van der Waals surface area contributed by atoms with Gasteiger partial charge in [0.25, 0.3) is 5.91 Å². The maximum absolute atomic E-state index is 12.3. The van der Waals surface area contributed by atoms with Crippen LogP contribution in [0.15, 0.2) is 42.5 Å². The molecule has 9 heteroatoms. The maximum Gasteiger partial charge on any atom is 0.471 e. The van der Waals surface area contributed by atoms with Gasteiger partial charge in [-0.05, 0) is 42.8 Å². The predicted octanol–water partition coefficient (Wildman–Crippen LogP) is 4.36. The SMILES string of the molecule is Cc1cccc2sc(NC(=O)c3ccc(NC(=O)C(F)(F)F)cc3)nc12. The molecule has 3 rings (SSSR count). The van der Waals surface area contributed by atoms with Crippen LogP contribution in [0.3, 0.4) is 0 Å². The van der Waals surface area contributed by atoms with E-state index < -0.39 is 18.0 Å². The molecule has 2 N–H and O–H groups in total. The van der Waals surface area contributed by atoms with Gasteiger partial charge in [-0.3, -0.25) is 14.9 Å². The molecule has 1 heterocycles. The highest BCUT2D eigenvalue weighted by atomic mass is 32.1. The Balaban J connectivity index is 1.71. The van der Waals surface area contributed by atoms with Crippen molar-refractivity contribution in [3.05, 3.63) is 53.6 Å². The van der Waals surface area contributed by atoms with E-state index in [-0.39, 0.29) is 11.3 Å². The number of para-hydroxylation sites is 1. The van der Waals surface area contributed by atoms with Gasteiger partial charge in [0.1, 0.15) is 0 Å². The molecule has 5 nitrogen and oxygen atoms in total. The first-order valence-electron chi connectivity index (χ1n) is 7.40. The summed E-state index contributed by atoms with van der Waals surface area (Å²) in [5, 5.41) is 4.80. The average Bonchev–Trinajstić information content (AvgIpc) is 2.98. The molecule has 26 heavy (non-hydrogen) atoms. The number of benzene rings is 2. The van der Waals surface area contributed by atoms with E-state index in [0.29, 0.717) is 5.13 Å². The molecule has 134 valence electrons. The fourth-order valence-electron chi connectivity index (χ4n) is 2.22. The van der Waals surface area contributed by atoms with Crippen molar-refractivity contribution in [1.29, 1.82) is 0 Å². The monoisotopic (exact) mass is 379 g/mol. The Morgan fingerprint density at radius 2 is 1.73 bits per heavy atom. The minimum absolute atomic E-state index is 0.0560. The van der Waals surface area contributed by atoms with Gasteiger partial charge < -0.3 is 5.32 Å². The van der Waals surface area contributed by atoms with Crippen LogP contribution in [0.1, 0.15) is 15.9 Å². The third-order valence-electron chi connectivity index (χ3n) is 3.50. The van der Waals surface area contributed by atoms with Crippen molar-refractivity contribution in [1.82, 2.24) is 4.98 Å². The zero-order valence-corrected chi connectivity index (χ0v) is 14.2.